The Bertz CT molecular complexity index is 407. The molecule has 0 heterocycles. The first kappa shape index (κ1) is 13.9. The number of nitrogens with two attached hydrogens (primary N) is 1. The van der Waals surface area contributed by atoms with Gasteiger partial charge >= 0.3 is 0 Å². The van der Waals surface area contributed by atoms with Crippen LogP contribution in [0.25, 0.3) is 0 Å². The van der Waals surface area contributed by atoms with Crippen LogP contribution in [0.3, 0.4) is 0 Å². The molecule has 5 heteroatoms. The van der Waals surface area contributed by atoms with E-state index in [0.717, 1.165) is 6.42 Å². The summed E-state index contributed by atoms with van der Waals surface area (Å²) in [4.78, 5) is 10.5. The number of nitro groups is 1. The second-order valence-electron chi connectivity index (χ2n) is 4.62. The number of nitro benzene ring substituents is 1. The molecule has 0 saturated carbocycles. The molecule has 0 radical (unpaired) electrons. The van der Waals surface area contributed by atoms with Crippen molar-refractivity contribution in [2.45, 2.75) is 32.7 Å². The fraction of sp³-hybridized carbons (Fsp3) is 0.500. The molecule has 0 aliphatic rings. The maximum atomic E-state index is 10.9. The van der Waals surface area contributed by atoms with Crippen LogP contribution in [0, 0.1) is 16.0 Å². The Balaban J connectivity index is 2.86. The summed E-state index contributed by atoms with van der Waals surface area (Å²) in [6.07, 6.45) is 1.35. The molecular weight excluding hydrogens is 240 g/mol. The second kappa shape index (κ2) is 5.98. The van der Waals surface area contributed by atoms with Gasteiger partial charge in [0.1, 0.15) is 0 Å². The highest BCUT2D eigenvalue weighted by Crippen LogP contribution is 2.24. The third kappa shape index (κ3) is 4.32. The van der Waals surface area contributed by atoms with E-state index in [9.17, 15) is 10.1 Å². The zero-order chi connectivity index (χ0) is 13.0. The predicted molar refractivity (Wildman–Crippen MR) is 69.2 cm³/mol. The maximum Gasteiger partial charge on any atom is 0.274 e. The molecule has 0 saturated heterocycles. The molecule has 1 rings (SSSR count). The largest absolute Gasteiger partial charge is 0.327 e. The van der Waals surface area contributed by atoms with Crippen molar-refractivity contribution in [3.05, 3.63) is 38.9 Å². The molecule has 0 fully saturated rings. The zero-order valence-corrected chi connectivity index (χ0v) is 10.8. The van der Waals surface area contributed by atoms with E-state index in [4.69, 9.17) is 17.3 Å². The molecule has 17 heavy (non-hydrogen) atoms. The minimum absolute atomic E-state index is 0.0525. The Morgan fingerprint density at radius 1 is 1.47 bits per heavy atom. The molecule has 0 bridgehead atoms. The van der Waals surface area contributed by atoms with Crippen molar-refractivity contribution < 1.29 is 4.92 Å². The van der Waals surface area contributed by atoms with Gasteiger partial charge in [0.25, 0.3) is 5.69 Å². The van der Waals surface area contributed by atoms with Crippen molar-refractivity contribution in [1.82, 2.24) is 0 Å². The van der Waals surface area contributed by atoms with Crippen LogP contribution in [0.1, 0.15) is 25.8 Å². The number of benzene rings is 1. The van der Waals surface area contributed by atoms with Crippen LogP contribution < -0.4 is 5.73 Å². The highest BCUT2D eigenvalue weighted by Gasteiger charge is 2.17. The second-order valence-corrected chi connectivity index (χ2v) is 5.06. The Hall–Kier alpha value is -1.13. The van der Waals surface area contributed by atoms with Crippen molar-refractivity contribution in [2.24, 2.45) is 11.7 Å². The van der Waals surface area contributed by atoms with Gasteiger partial charge in [0.2, 0.25) is 0 Å². The summed E-state index contributed by atoms with van der Waals surface area (Å²) < 4.78 is 0. The Kier molecular flexibility index (Phi) is 4.90. The topological polar surface area (TPSA) is 69.2 Å². The highest BCUT2D eigenvalue weighted by atomic mass is 35.5. The van der Waals surface area contributed by atoms with E-state index >= 15 is 0 Å². The summed E-state index contributed by atoms with van der Waals surface area (Å²) in [5.74, 6) is 0.483. The van der Waals surface area contributed by atoms with Crippen LogP contribution in [-0.2, 0) is 6.42 Å². The van der Waals surface area contributed by atoms with Crippen LogP contribution in [0.15, 0.2) is 18.2 Å². The molecule has 0 spiro atoms. The van der Waals surface area contributed by atoms with Gasteiger partial charge in [-0.3, -0.25) is 10.1 Å². The monoisotopic (exact) mass is 256 g/mol. The predicted octanol–water partition coefficient (Wildman–Crippen LogP) is 3.16. The molecule has 94 valence electrons. The lowest BCUT2D eigenvalue weighted by Gasteiger charge is -2.14. The van der Waals surface area contributed by atoms with Gasteiger partial charge in [-0.05, 0) is 24.8 Å². The minimum atomic E-state index is -0.413. The van der Waals surface area contributed by atoms with Gasteiger partial charge in [0.05, 0.1) is 4.92 Å². The number of halogens is 1. The van der Waals surface area contributed by atoms with Crippen LogP contribution in [0.2, 0.25) is 5.02 Å². The first-order chi connectivity index (χ1) is 7.90. The lowest BCUT2D eigenvalue weighted by atomic mass is 9.97. The highest BCUT2D eigenvalue weighted by molar-refractivity contribution is 6.30. The van der Waals surface area contributed by atoms with Gasteiger partial charge in [-0.15, -0.1) is 0 Å². The minimum Gasteiger partial charge on any atom is -0.327 e. The van der Waals surface area contributed by atoms with E-state index < -0.39 is 4.92 Å². The SMILES string of the molecule is CC(C)CC(N)Cc1ccc(Cl)cc1[N+](=O)[O-]. The smallest absolute Gasteiger partial charge is 0.274 e. The lowest BCUT2D eigenvalue weighted by Crippen LogP contribution is -2.25. The molecular formula is C12H17ClN2O2. The van der Waals surface area contributed by atoms with E-state index in [-0.39, 0.29) is 11.7 Å². The van der Waals surface area contributed by atoms with Gasteiger partial charge in [-0.1, -0.05) is 31.5 Å². The van der Waals surface area contributed by atoms with Crippen LogP contribution in [-0.4, -0.2) is 11.0 Å². The average Bonchev–Trinajstić information content (AvgIpc) is 2.19. The van der Waals surface area contributed by atoms with Gasteiger partial charge in [-0.25, -0.2) is 0 Å². The molecule has 1 aromatic rings. The van der Waals surface area contributed by atoms with Crippen molar-refractivity contribution in [1.29, 1.82) is 0 Å². The Morgan fingerprint density at radius 3 is 2.65 bits per heavy atom. The molecule has 0 aliphatic carbocycles. The van der Waals surface area contributed by atoms with Crippen LogP contribution >= 0.6 is 11.6 Å². The first-order valence-corrected chi connectivity index (χ1v) is 5.96. The van der Waals surface area contributed by atoms with Crippen LogP contribution in [0.5, 0.6) is 0 Å². The number of rotatable bonds is 5. The normalized spacial score (nSPS) is 12.8. The molecule has 2 N–H and O–H groups in total. The maximum absolute atomic E-state index is 10.9. The summed E-state index contributed by atoms with van der Waals surface area (Å²) in [5, 5.41) is 11.3. The molecule has 1 aromatic carbocycles. The average molecular weight is 257 g/mol. The van der Waals surface area contributed by atoms with E-state index in [1.165, 1.54) is 6.07 Å². The molecule has 0 aromatic heterocycles. The van der Waals surface area contributed by atoms with Crippen molar-refractivity contribution in [3.63, 3.8) is 0 Å². The van der Waals surface area contributed by atoms with E-state index in [1.807, 2.05) is 0 Å². The fourth-order valence-electron chi connectivity index (χ4n) is 1.85. The summed E-state index contributed by atoms with van der Waals surface area (Å²) in [6.45, 7) is 4.16. The van der Waals surface area contributed by atoms with Gasteiger partial charge < -0.3 is 5.73 Å². The van der Waals surface area contributed by atoms with E-state index in [2.05, 4.69) is 13.8 Å². The molecule has 1 atom stereocenters. The first-order valence-electron chi connectivity index (χ1n) is 5.58. The van der Waals surface area contributed by atoms with Crippen molar-refractivity contribution in [3.8, 4) is 0 Å². The summed E-state index contributed by atoms with van der Waals surface area (Å²) in [6, 6.07) is 4.65. The zero-order valence-electron chi connectivity index (χ0n) is 10.0. The van der Waals surface area contributed by atoms with Crippen molar-refractivity contribution in [2.75, 3.05) is 0 Å². The summed E-state index contributed by atoms with van der Waals surface area (Å²) in [7, 11) is 0. The summed E-state index contributed by atoms with van der Waals surface area (Å²) >= 11 is 5.75. The third-order valence-corrected chi connectivity index (χ3v) is 2.74. The van der Waals surface area contributed by atoms with Crippen LogP contribution in [0.4, 0.5) is 5.69 Å². The van der Waals surface area contributed by atoms with Gasteiger partial charge in [0.15, 0.2) is 0 Å². The van der Waals surface area contributed by atoms with E-state index in [1.54, 1.807) is 12.1 Å². The third-order valence-electron chi connectivity index (χ3n) is 2.50. The fourth-order valence-corrected chi connectivity index (χ4v) is 2.02. The number of nitrogens with zero attached hydrogens (tertiary/aromatic N) is 1. The molecule has 1 unspecified atom stereocenters. The molecule has 0 aliphatic heterocycles. The molecule has 0 amide bonds. The Labute approximate surface area is 106 Å². The van der Waals surface area contributed by atoms with Gasteiger partial charge in [0, 0.05) is 22.7 Å². The van der Waals surface area contributed by atoms with E-state index in [0.29, 0.717) is 22.9 Å². The number of hydrogen-bond acceptors (Lipinski definition) is 3. The standard InChI is InChI=1S/C12H17ClN2O2/c1-8(2)5-11(14)6-9-3-4-10(13)7-12(9)15(16)17/h3-4,7-8,11H,5-6,14H2,1-2H3. The quantitative estimate of drug-likeness (QED) is 0.650. The molecule has 4 nitrogen and oxygen atoms in total. The summed E-state index contributed by atoms with van der Waals surface area (Å²) in [5.41, 5.74) is 6.66. The lowest BCUT2D eigenvalue weighted by molar-refractivity contribution is -0.385. The van der Waals surface area contributed by atoms with Crippen molar-refractivity contribution >= 4 is 17.3 Å². The van der Waals surface area contributed by atoms with Gasteiger partial charge in [-0.2, -0.15) is 0 Å². The Morgan fingerprint density at radius 2 is 2.12 bits per heavy atom. The number of hydrogen-bond donors (Lipinski definition) is 1.